The first-order valence-corrected chi connectivity index (χ1v) is 8.61. The number of nitrogens with zero attached hydrogens (tertiary/aromatic N) is 2. The Morgan fingerprint density at radius 1 is 1.29 bits per heavy atom. The zero-order chi connectivity index (χ0) is 16.9. The summed E-state index contributed by atoms with van der Waals surface area (Å²) in [4.78, 5) is 29.5. The molecule has 1 fully saturated rings. The molecule has 5 nitrogen and oxygen atoms in total. The molecule has 0 saturated carbocycles. The number of rotatable bonds is 5. The fourth-order valence-corrected chi connectivity index (χ4v) is 3.55. The SMILES string of the molecule is CC(=O)SC1CC(=O)N(c2ncccc2OCc2ccccc2)C1. The molecule has 0 aliphatic carbocycles. The Labute approximate surface area is 145 Å². The predicted octanol–water partition coefficient (Wildman–Crippen LogP) is 3.05. The Bertz CT molecular complexity index is 736. The average molecular weight is 342 g/mol. The van der Waals surface area contributed by atoms with Gasteiger partial charge in [0.05, 0.1) is 0 Å². The number of benzene rings is 1. The zero-order valence-electron chi connectivity index (χ0n) is 13.3. The number of thioether (sulfide) groups is 1. The van der Waals surface area contributed by atoms with E-state index in [-0.39, 0.29) is 16.3 Å². The summed E-state index contributed by atoms with van der Waals surface area (Å²) >= 11 is 1.21. The van der Waals surface area contributed by atoms with Crippen LogP contribution in [0.3, 0.4) is 0 Å². The fraction of sp³-hybridized carbons (Fsp3) is 0.278. The first kappa shape index (κ1) is 16.5. The average Bonchev–Trinajstić information content (AvgIpc) is 2.93. The quantitative estimate of drug-likeness (QED) is 0.836. The van der Waals surface area contributed by atoms with Gasteiger partial charge in [-0.3, -0.25) is 14.5 Å². The first-order chi connectivity index (χ1) is 11.6. The maximum Gasteiger partial charge on any atom is 0.229 e. The highest BCUT2D eigenvalue weighted by Gasteiger charge is 2.34. The van der Waals surface area contributed by atoms with Crippen LogP contribution in [0, 0.1) is 0 Å². The van der Waals surface area contributed by atoms with Crippen LogP contribution in [0.4, 0.5) is 5.82 Å². The summed E-state index contributed by atoms with van der Waals surface area (Å²) in [6, 6.07) is 13.4. The molecular weight excluding hydrogens is 324 g/mol. The van der Waals surface area contributed by atoms with Crippen molar-refractivity contribution in [3.05, 3.63) is 54.2 Å². The Morgan fingerprint density at radius 2 is 2.08 bits per heavy atom. The van der Waals surface area contributed by atoms with Gasteiger partial charge in [-0.1, -0.05) is 42.1 Å². The summed E-state index contributed by atoms with van der Waals surface area (Å²) < 4.78 is 5.87. The molecule has 1 amide bonds. The molecule has 2 aromatic rings. The van der Waals surface area contributed by atoms with E-state index in [1.54, 1.807) is 17.2 Å². The second-order valence-electron chi connectivity index (χ2n) is 5.54. The van der Waals surface area contributed by atoms with Crippen LogP contribution in [0.25, 0.3) is 0 Å². The summed E-state index contributed by atoms with van der Waals surface area (Å²) in [6.45, 7) is 2.40. The van der Waals surface area contributed by atoms with Crippen LogP contribution in [0.2, 0.25) is 0 Å². The van der Waals surface area contributed by atoms with Crippen molar-refractivity contribution >= 4 is 28.6 Å². The summed E-state index contributed by atoms with van der Waals surface area (Å²) in [7, 11) is 0. The molecule has 1 aliphatic rings. The highest BCUT2D eigenvalue weighted by molar-refractivity contribution is 8.14. The Hall–Kier alpha value is -2.34. The number of carbonyl (C=O) groups excluding carboxylic acids is 2. The molecule has 0 radical (unpaired) electrons. The van der Waals surface area contributed by atoms with Gasteiger partial charge >= 0.3 is 0 Å². The standard InChI is InChI=1S/C18H18N2O3S/c1-13(21)24-15-10-17(22)20(11-15)18-16(8-5-9-19-18)23-12-14-6-3-2-4-7-14/h2-9,15H,10-12H2,1H3. The predicted molar refractivity (Wildman–Crippen MR) is 94.0 cm³/mol. The topological polar surface area (TPSA) is 59.5 Å². The molecule has 2 heterocycles. The molecule has 1 unspecified atom stereocenters. The molecule has 0 bridgehead atoms. The highest BCUT2D eigenvalue weighted by Crippen LogP contribution is 2.33. The minimum Gasteiger partial charge on any atom is -0.485 e. The number of ether oxygens (including phenoxy) is 1. The summed E-state index contributed by atoms with van der Waals surface area (Å²) in [5.41, 5.74) is 1.05. The van der Waals surface area contributed by atoms with E-state index < -0.39 is 0 Å². The molecule has 1 aromatic carbocycles. The van der Waals surface area contributed by atoms with Gasteiger partial charge in [-0.15, -0.1) is 0 Å². The molecule has 24 heavy (non-hydrogen) atoms. The van der Waals surface area contributed by atoms with Crippen LogP contribution in [-0.2, 0) is 16.2 Å². The van der Waals surface area contributed by atoms with E-state index >= 15 is 0 Å². The van der Waals surface area contributed by atoms with Crippen LogP contribution in [-0.4, -0.2) is 27.8 Å². The molecule has 0 N–H and O–H groups in total. The van der Waals surface area contributed by atoms with Crippen molar-refractivity contribution in [2.24, 2.45) is 0 Å². The molecule has 124 valence electrons. The maximum atomic E-state index is 12.3. The smallest absolute Gasteiger partial charge is 0.229 e. The van der Waals surface area contributed by atoms with Crippen LogP contribution >= 0.6 is 11.8 Å². The van der Waals surface area contributed by atoms with Crippen LogP contribution in [0.15, 0.2) is 48.7 Å². The first-order valence-electron chi connectivity index (χ1n) is 7.73. The van der Waals surface area contributed by atoms with Crippen molar-refractivity contribution in [3.8, 4) is 5.75 Å². The van der Waals surface area contributed by atoms with E-state index in [0.29, 0.717) is 31.1 Å². The van der Waals surface area contributed by atoms with Gasteiger partial charge in [0, 0.05) is 31.3 Å². The molecule has 3 rings (SSSR count). The molecule has 1 aliphatic heterocycles. The van der Waals surface area contributed by atoms with Gasteiger partial charge < -0.3 is 4.74 Å². The van der Waals surface area contributed by atoms with E-state index in [2.05, 4.69) is 4.98 Å². The lowest BCUT2D eigenvalue weighted by molar-refractivity contribution is -0.117. The number of pyridine rings is 1. The number of hydrogen-bond acceptors (Lipinski definition) is 5. The molecule has 1 aromatic heterocycles. The zero-order valence-corrected chi connectivity index (χ0v) is 14.2. The van der Waals surface area contributed by atoms with Crippen molar-refractivity contribution in [1.82, 2.24) is 4.98 Å². The van der Waals surface area contributed by atoms with Gasteiger partial charge in [-0.05, 0) is 17.7 Å². The minimum atomic E-state index is -0.0305. The third-order valence-corrected chi connectivity index (χ3v) is 4.65. The number of hydrogen-bond donors (Lipinski definition) is 0. The molecular formula is C18H18N2O3S. The number of amides is 1. The van der Waals surface area contributed by atoms with Crippen molar-refractivity contribution < 1.29 is 14.3 Å². The highest BCUT2D eigenvalue weighted by atomic mass is 32.2. The van der Waals surface area contributed by atoms with Crippen molar-refractivity contribution in [2.45, 2.75) is 25.2 Å². The molecule has 0 spiro atoms. The van der Waals surface area contributed by atoms with Gasteiger partial charge in [0.1, 0.15) is 6.61 Å². The lowest BCUT2D eigenvalue weighted by Gasteiger charge is -2.19. The van der Waals surface area contributed by atoms with Crippen LogP contribution in [0.1, 0.15) is 18.9 Å². The van der Waals surface area contributed by atoms with E-state index in [1.807, 2.05) is 36.4 Å². The lowest BCUT2D eigenvalue weighted by Crippen LogP contribution is -2.26. The largest absolute Gasteiger partial charge is 0.485 e. The van der Waals surface area contributed by atoms with Gasteiger partial charge in [0.15, 0.2) is 16.7 Å². The third-order valence-electron chi connectivity index (χ3n) is 3.67. The number of carbonyl (C=O) groups is 2. The van der Waals surface area contributed by atoms with E-state index in [9.17, 15) is 9.59 Å². The van der Waals surface area contributed by atoms with Crippen molar-refractivity contribution in [3.63, 3.8) is 0 Å². The van der Waals surface area contributed by atoms with E-state index in [4.69, 9.17) is 4.74 Å². The normalized spacial score (nSPS) is 17.1. The number of anilines is 1. The number of aromatic nitrogens is 1. The summed E-state index contributed by atoms with van der Waals surface area (Å²) in [5, 5.41) is -0.00444. The fourth-order valence-electron chi connectivity index (χ4n) is 2.63. The van der Waals surface area contributed by atoms with Gasteiger partial charge in [-0.25, -0.2) is 4.98 Å². The van der Waals surface area contributed by atoms with Crippen LogP contribution in [0.5, 0.6) is 5.75 Å². The van der Waals surface area contributed by atoms with E-state index in [0.717, 1.165) is 5.56 Å². The Morgan fingerprint density at radius 3 is 2.83 bits per heavy atom. The molecule has 1 saturated heterocycles. The summed E-state index contributed by atoms with van der Waals surface area (Å²) in [5.74, 6) is 1.06. The van der Waals surface area contributed by atoms with Crippen molar-refractivity contribution in [2.75, 3.05) is 11.4 Å². The third kappa shape index (κ3) is 3.94. The van der Waals surface area contributed by atoms with Crippen molar-refractivity contribution in [1.29, 1.82) is 0 Å². The van der Waals surface area contributed by atoms with Crippen LogP contribution < -0.4 is 9.64 Å². The van der Waals surface area contributed by atoms with Gasteiger partial charge in [0.25, 0.3) is 0 Å². The Kier molecular flexibility index (Phi) is 5.15. The second kappa shape index (κ2) is 7.49. The minimum absolute atomic E-state index is 0.0243. The summed E-state index contributed by atoms with van der Waals surface area (Å²) in [6.07, 6.45) is 1.99. The molecule has 6 heteroatoms. The Balaban J connectivity index is 1.74. The lowest BCUT2D eigenvalue weighted by atomic mass is 10.2. The molecule has 1 atom stereocenters. The monoisotopic (exact) mass is 342 g/mol. The van der Waals surface area contributed by atoms with Gasteiger partial charge in [-0.2, -0.15) is 0 Å². The second-order valence-corrected chi connectivity index (χ2v) is 7.02. The van der Waals surface area contributed by atoms with Gasteiger partial charge in [0.2, 0.25) is 5.91 Å². The van der Waals surface area contributed by atoms with E-state index in [1.165, 1.54) is 18.7 Å². The maximum absolute atomic E-state index is 12.3.